The van der Waals surface area contributed by atoms with Crippen molar-refractivity contribution in [1.29, 1.82) is 5.26 Å². The van der Waals surface area contributed by atoms with Gasteiger partial charge in [-0.05, 0) is 18.2 Å². The van der Waals surface area contributed by atoms with Gasteiger partial charge in [-0.15, -0.1) is 0 Å². The number of hydrogen-bond donors (Lipinski definition) is 1. The van der Waals surface area contributed by atoms with Crippen LogP contribution in [0.2, 0.25) is 0 Å². The molecular weight excluding hydrogens is 283 g/mol. The highest BCUT2D eigenvalue weighted by Gasteiger charge is 2.33. The smallest absolute Gasteiger partial charge is 0.385 e. The molecule has 0 atom stereocenters. The molecule has 1 aromatic heterocycles. The summed E-state index contributed by atoms with van der Waals surface area (Å²) in [6.07, 6.45) is -2.42. The van der Waals surface area contributed by atoms with Crippen molar-refractivity contribution in [3.63, 3.8) is 0 Å². The molecule has 21 heavy (non-hydrogen) atoms. The number of rotatable bonds is 4. The van der Waals surface area contributed by atoms with Crippen molar-refractivity contribution in [2.45, 2.75) is 12.6 Å². The predicted octanol–water partition coefficient (Wildman–Crippen LogP) is 2.36. The second-order valence-corrected chi connectivity index (χ2v) is 4.38. The zero-order valence-electron chi connectivity index (χ0n) is 11.1. The lowest BCUT2D eigenvalue weighted by Gasteiger charge is -2.11. The summed E-state index contributed by atoms with van der Waals surface area (Å²) in [7, 11) is 1.75. The first-order valence-corrected chi connectivity index (χ1v) is 6.10. The van der Waals surface area contributed by atoms with E-state index in [1.165, 1.54) is 12.1 Å². The van der Waals surface area contributed by atoms with Gasteiger partial charge in [-0.2, -0.15) is 23.5 Å². The third-order valence-electron chi connectivity index (χ3n) is 2.77. The Labute approximate surface area is 119 Å². The number of alkyl halides is 3. The molecule has 0 aliphatic carbocycles. The molecule has 1 aromatic carbocycles. The maximum Gasteiger partial charge on any atom is 0.417 e. The minimum atomic E-state index is -4.53. The van der Waals surface area contributed by atoms with Gasteiger partial charge in [-0.1, -0.05) is 0 Å². The molecule has 0 radical (unpaired) electrons. The summed E-state index contributed by atoms with van der Waals surface area (Å²) in [5.74, 6) is 0.636. The second-order valence-electron chi connectivity index (χ2n) is 4.38. The molecule has 2 rings (SSSR count). The van der Waals surface area contributed by atoms with E-state index in [4.69, 9.17) is 5.26 Å². The first kappa shape index (κ1) is 14.8. The fourth-order valence-corrected chi connectivity index (χ4v) is 1.81. The summed E-state index contributed by atoms with van der Waals surface area (Å²) < 4.78 is 39.5. The van der Waals surface area contributed by atoms with Gasteiger partial charge in [0.15, 0.2) is 5.82 Å². The minimum Gasteiger partial charge on any atom is -0.385 e. The van der Waals surface area contributed by atoms with E-state index in [0.717, 1.165) is 6.07 Å². The van der Waals surface area contributed by atoms with Gasteiger partial charge in [0.05, 0.1) is 17.2 Å². The van der Waals surface area contributed by atoms with Crippen LogP contribution in [0.15, 0.2) is 24.5 Å². The monoisotopic (exact) mass is 295 g/mol. The Bertz CT molecular complexity index is 669. The van der Waals surface area contributed by atoms with E-state index in [-0.39, 0.29) is 0 Å². The number of nitrogens with one attached hydrogen (secondary N) is 1. The zero-order valence-corrected chi connectivity index (χ0v) is 11.1. The van der Waals surface area contributed by atoms with Crippen molar-refractivity contribution in [2.75, 3.05) is 11.9 Å². The van der Waals surface area contributed by atoms with Crippen LogP contribution in [0.4, 0.5) is 18.9 Å². The van der Waals surface area contributed by atoms with Gasteiger partial charge in [0, 0.05) is 25.7 Å². The molecule has 0 unspecified atom stereocenters. The average Bonchev–Trinajstić information content (AvgIpc) is 2.83. The highest BCUT2D eigenvalue weighted by Crippen LogP contribution is 2.32. The lowest BCUT2D eigenvalue weighted by Crippen LogP contribution is -2.10. The number of halogens is 3. The Balaban J connectivity index is 2.03. The van der Waals surface area contributed by atoms with Gasteiger partial charge in [0.2, 0.25) is 0 Å². The highest BCUT2D eigenvalue weighted by atomic mass is 19.4. The Hall–Kier alpha value is -2.56. The molecule has 0 spiro atoms. The van der Waals surface area contributed by atoms with Crippen LogP contribution >= 0.6 is 0 Å². The summed E-state index contributed by atoms with van der Waals surface area (Å²) in [4.78, 5) is 4.04. The third-order valence-corrected chi connectivity index (χ3v) is 2.77. The van der Waals surface area contributed by atoms with E-state index in [0.29, 0.717) is 24.5 Å². The molecule has 0 aliphatic rings. The standard InChI is InChI=1S/C13H12F3N5/c1-21-8-19-12(20-21)4-5-18-10-2-3-11(13(14,15)16)9(6-10)7-17/h2-3,6,8,18H,4-5H2,1H3. The van der Waals surface area contributed by atoms with Crippen LogP contribution < -0.4 is 5.32 Å². The molecule has 0 bridgehead atoms. The summed E-state index contributed by atoms with van der Waals surface area (Å²) in [5.41, 5.74) is -0.874. The molecule has 110 valence electrons. The minimum absolute atomic E-state index is 0.400. The normalized spacial score (nSPS) is 11.2. The van der Waals surface area contributed by atoms with E-state index >= 15 is 0 Å². The van der Waals surface area contributed by atoms with Gasteiger partial charge in [0.25, 0.3) is 0 Å². The number of benzene rings is 1. The summed E-state index contributed by atoms with van der Waals surface area (Å²) >= 11 is 0. The third kappa shape index (κ3) is 3.72. The molecule has 0 aliphatic heterocycles. The topological polar surface area (TPSA) is 66.5 Å². The zero-order chi connectivity index (χ0) is 15.5. The molecular formula is C13H12F3N5. The molecule has 0 saturated heterocycles. The van der Waals surface area contributed by atoms with Crippen LogP contribution in [0, 0.1) is 11.3 Å². The van der Waals surface area contributed by atoms with Crippen LogP contribution in [0.1, 0.15) is 17.0 Å². The molecule has 8 heteroatoms. The van der Waals surface area contributed by atoms with E-state index in [2.05, 4.69) is 15.4 Å². The second kappa shape index (κ2) is 5.83. The van der Waals surface area contributed by atoms with Crippen LogP contribution in [0.25, 0.3) is 0 Å². The van der Waals surface area contributed by atoms with E-state index in [1.54, 1.807) is 24.1 Å². The van der Waals surface area contributed by atoms with E-state index in [9.17, 15) is 13.2 Å². The number of aromatic nitrogens is 3. The lowest BCUT2D eigenvalue weighted by atomic mass is 10.1. The van der Waals surface area contributed by atoms with Crippen LogP contribution in [0.3, 0.4) is 0 Å². The lowest BCUT2D eigenvalue weighted by molar-refractivity contribution is -0.137. The van der Waals surface area contributed by atoms with Crippen LogP contribution in [-0.4, -0.2) is 21.3 Å². The van der Waals surface area contributed by atoms with Crippen molar-refractivity contribution in [2.24, 2.45) is 7.05 Å². The van der Waals surface area contributed by atoms with Crippen molar-refractivity contribution >= 4 is 5.69 Å². The Kier molecular flexibility index (Phi) is 4.12. The van der Waals surface area contributed by atoms with Crippen molar-refractivity contribution in [1.82, 2.24) is 14.8 Å². The first-order chi connectivity index (χ1) is 9.90. The predicted molar refractivity (Wildman–Crippen MR) is 69.4 cm³/mol. The molecule has 1 N–H and O–H groups in total. The molecule has 0 amide bonds. The fourth-order valence-electron chi connectivity index (χ4n) is 1.81. The van der Waals surface area contributed by atoms with Crippen molar-refractivity contribution in [3.05, 3.63) is 41.5 Å². The van der Waals surface area contributed by atoms with Crippen LogP contribution in [0.5, 0.6) is 0 Å². The van der Waals surface area contributed by atoms with Crippen molar-refractivity contribution in [3.8, 4) is 6.07 Å². The van der Waals surface area contributed by atoms with Gasteiger partial charge in [0.1, 0.15) is 6.33 Å². The van der Waals surface area contributed by atoms with E-state index < -0.39 is 17.3 Å². The average molecular weight is 295 g/mol. The maximum atomic E-state index is 12.7. The fraction of sp³-hybridized carbons (Fsp3) is 0.308. The highest BCUT2D eigenvalue weighted by molar-refractivity contribution is 5.53. The molecule has 2 aromatic rings. The van der Waals surface area contributed by atoms with Crippen molar-refractivity contribution < 1.29 is 13.2 Å². The van der Waals surface area contributed by atoms with Gasteiger partial charge >= 0.3 is 6.18 Å². The molecule has 0 saturated carbocycles. The molecule has 0 fully saturated rings. The van der Waals surface area contributed by atoms with Crippen LogP contribution in [-0.2, 0) is 19.6 Å². The quantitative estimate of drug-likeness (QED) is 0.940. The summed E-state index contributed by atoms with van der Waals surface area (Å²) in [6, 6.07) is 4.96. The number of nitrogens with zero attached hydrogens (tertiary/aromatic N) is 4. The van der Waals surface area contributed by atoms with Gasteiger partial charge in [-0.25, -0.2) is 4.98 Å². The number of anilines is 1. The molecule has 5 nitrogen and oxygen atoms in total. The largest absolute Gasteiger partial charge is 0.417 e. The Morgan fingerprint density at radius 1 is 1.38 bits per heavy atom. The maximum absolute atomic E-state index is 12.7. The summed E-state index contributed by atoms with van der Waals surface area (Å²) in [6.45, 7) is 0.459. The van der Waals surface area contributed by atoms with E-state index in [1.807, 2.05) is 0 Å². The number of hydrogen-bond acceptors (Lipinski definition) is 4. The Morgan fingerprint density at radius 3 is 2.71 bits per heavy atom. The SMILES string of the molecule is Cn1cnc(CCNc2ccc(C(F)(F)F)c(C#N)c2)n1. The number of aryl methyl sites for hydroxylation is 1. The number of nitriles is 1. The Morgan fingerprint density at radius 2 is 2.14 bits per heavy atom. The summed E-state index contributed by atoms with van der Waals surface area (Å²) in [5, 5.41) is 15.8. The molecule has 1 heterocycles. The van der Waals surface area contributed by atoms with Gasteiger partial charge in [-0.3, -0.25) is 4.68 Å². The first-order valence-electron chi connectivity index (χ1n) is 6.10. The van der Waals surface area contributed by atoms with Gasteiger partial charge < -0.3 is 5.32 Å².